The van der Waals surface area contributed by atoms with Crippen molar-refractivity contribution in [3.8, 4) is 5.75 Å². The number of para-hydroxylation sites is 1. The Labute approximate surface area is 181 Å². The minimum atomic E-state index is -0.388. The highest BCUT2D eigenvalue weighted by molar-refractivity contribution is 6.01. The van der Waals surface area contributed by atoms with Crippen LogP contribution in [0.2, 0.25) is 0 Å². The Morgan fingerprint density at radius 1 is 0.871 bits per heavy atom. The number of hydrogen-bond donors (Lipinski definition) is 0. The molecule has 1 aromatic heterocycles. The first-order chi connectivity index (χ1) is 15.3. The van der Waals surface area contributed by atoms with Crippen molar-refractivity contribution in [3.63, 3.8) is 0 Å². The topological polar surface area (TPSA) is 48.4 Å². The summed E-state index contributed by atoms with van der Waals surface area (Å²) in [5, 5.41) is 1.12. The van der Waals surface area contributed by atoms with Crippen molar-refractivity contribution in [1.29, 1.82) is 0 Å². The molecule has 1 heterocycles. The zero-order chi connectivity index (χ0) is 21.0. The number of carbonyl (C=O) groups excluding carboxylic acids is 1. The Balaban J connectivity index is 1.21. The lowest BCUT2D eigenvalue weighted by atomic mass is 9.89. The second kappa shape index (κ2) is 8.70. The van der Waals surface area contributed by atoms with Gasteiger partial charge in [-0.2, -0.15) is 0 Å². The zero-order valence-electron chi connectivity index (χ0n) is 17.2. The lowest BCUT2D eigenvalue weighted by molar-refractivity contribution is 0.0284. The minimum Gasteiger partial charge on any atom is -0.487 e. The standard InChI is InChI=1S/C27H23NO3/c29-27-24-10-3-1-7-20(24)13-15-26(27)31-17-19-6-5-9-23(16-19)30-18-22-14-12-21-8-2-4-11-25(21)28-22/h1-12,14,16,26H,13,15,17-18H2. The molecule has 5 rings (SSSR count). The van der Waals surface area contributed by atoms with Crippen molar-refractivity contribution >= 4 is 16.7 Å². The van der Waals surface area contributed by atoms with Gasteiger partial charge in [0.15, 0.2) is 5.78 Å². The number of nitrogens with zero attached hydrogens (tertiary/aromatic N) is 1. The molecule has 0 saturated heterocycles. The van der Waals surface area contributed by atoms with Gasteiger partial charge in [-0.1, -0.05) is 60.7 Å². The van der Waals surface area contributed by atoms with E-state index >= 15 is 0 Å². The van der Waals surface area contributed by atoms with Gasteiger partial charge >= 0.3 is 0 Å². The molecule has 0 aliphatic heterocycles. The number of hydrogen-bond acceptors (Lipinski definition) is 4. The van der Waals surface area contributed by atoms with E-state index in [0.717, 1.165) is 51.9 Å². The van der Waals surface area contributed by atoms with Crippen molar-refractivity contribution in [2.75, 3.05) is 0 Å². The molecule has 4 aromatic rings. The fourth-order valence-corrected chi connectivity index (χ4v) is 4.00. The van der Waals surface area contributed by atoms with Crippen LogP contribution >= 0.6 is 0 Å². The van der Waals surface area contributed by atoms with Crippen LogP contribution in [0.25, 0.3) is 10.9 Å². The van der Waals surface area contributed by atoms with Crippen molar-refractivity contribution in [1.82, 2.24) is 4.98 Å². The molecule has 154 valence electrons. The molecule has 3 aromatic carbocycles. The van der Waals surface area contributed by atoms with Gasteiger partial charge in [0.1, 0.15) is 18.5 Å². The van der Waals surface area contributed by atoms with Crippen LogP contribution in [0.3, 0.4) is 0 Å². The SMILES string of the molecule is O=C1c2ccccc2CCC1OCc1cccc(OCc2ccc3ccccc3n2)c1. The summed E-state index contributed by atoms with van der Waals surface area (Å²) in [4.78, 5) is 17.4. The second-order valence-electron chi connectivity index (χ2n) is 7.79. The zero-order valence-corrected chi connectivity index (χ0v) is 17.2. The average molecular weight is 409 g/mol. The molecule has 0 bridgehead atoms. The van der Waals surface area contributed by atoms with Gasteiger partial charge < -0.3 is 9.47 Å². The van der Waals surface area contributed by atoms with E-state index in [1.54, 1.807) is 0 Å². The average Bonchev–Trinajstić information content (AvgIpc) is 2.83. The van der Waals surface area contributed by atoms with Crippen molar-refractivity contribution < 1.29 is 14.3 Å². The van der Waals surface area contributed by atoms with Crippen LogP contribution in [-0.2, 0) is 24.4 Å². The largest absolute Gasteiger partial charge is 0.487 e. The van der Waals surface area contributed by atoms with Crippen molar-refractivity contribution in [3.05, 3.63) is 107 Å². The molecule has 4 heteroatoms. The van der Waals surface area contributed by atoms with E-state index in [-0.39, 0.29) is 11.9 Å². The number of rotatable bonds is 6. The molecule has 4 nitrogen and oxygen atoms in total. The molecule has 31 heavy (non-hydrogen) atoms. The van der Waals surface area contributed by atoms with Crippen molar-refractivity contribution in [2.24, 2.45) is 0 Å². The molecule has 0 N–H and O–H groups in total. The number of ketones is 1. The number of ether oxygens (including phenoxy) is 2. The van der Waals surface area contributed by atoms with E-state index < -0.39 is 0 Å². The third-order valence-corrected chi connectivity index (χ3v) is 5.64. The molecule has 0 amide bonds. The quantitative estimate of drug-likeness (QED) is 0.420. The van der Waals surface area contributed by atoms with E-state index in [1.807, 2.05) is 78.9 Å². The summed E-state index contributed by atoms with van der Waals surface area (Å²) < 4.78 is 11.9. The van der Waals surface area contributed by atoms with Crippen LogP contribution in [0, 0.1) is 0 Å². The summed E-state index contributed by atoms with van der Waals surface area (Å²) in [5.41, 5.74) is 4.73. The van der Waals surface area contributed by atoms with Gasteiger partial charge in [-0.05, 0) is 48.2 Å². The number of pyridine rings is 1. The smallest absolute Gasteiger partial charge is 0.191 e. The Kier molecular flexibility index (Phi) is 5.46. The molecule has 1 unspecified atom stereocenters. The fraction of sp³-hybridized carbons (Fsp3) is 0.185. The summed E-state index contributed by atoms with van der Waals surface area (Å²) in [6, 6.07) is 27.7. The van der Waals surface area contributed by atoms with E-state index in [4.69, 9.17) is 9.47 Å². The Morgan fingerprint density at radius 2 is 1.74 bits per heavy atom. The third kappa shape index (κ3) is 4.35. The molecule has 1 aliphatic rings. The van der Waals surface area contributed by atoms with Gasteiger partial charge in [0.2, 0.25) is 0 Å². The fourth-order valence-electron chi connectivity index (χ4n) is 4.00. The number of aryl methyl sites for hydroxylation is 1. The summed E-state index contributed by atoms with van der Waals surface area (Å²) in [5.74, 6) is 0.841. The van der Waals surface area contributed by atoms with Crippen LogP contribution in [0.5, 0.6) is 5.75 Å². The van der Waals surface area contributed by atoms with Gasteiger partial charge in [0, 0.05) is 10.9 Å². The van der Waals surface area contributed by atoms with Crippen LogP contribution in [0.1, 0.15) is 33.6 Å². The van der Waals surface area contributed by atoms with Crippen molar-refractivity contribution in [2.45, 2.75) is 32.2 Å². The monoisotopic (exact) mass is 409 g/mol. The number of aromatic nitrogens is 1. The first-order valence-electron chi connectivity index (χ1n) is 10.6. The van der Waals surface area contributed by atoms with Gasteiger partial charge in [-0.25, -0.2) is 4.98 Å². The first-order valence-corrected chi connectivity index (χ1v) is 10.6. The number of carbonyl (C=O) groups is 1. The molecule has 0 saturated carbocycles. The Hall–Kier alpha value is -3.50. The first kappa shape index (κ1) is 19.5. The van der Waals surface area contributed by atoms with E-state index in [0.29, 0.717) is 13.2 Å². The second-order valence-corrected chi connectivity index (χ2v) is 7.79. The van der Waals surface area contributed by atoms with Crippen LogP contribution in [0.15, 0.2) is 84.9 Å². The molecular weight excluding hydrogens is 386 g/mol. The maximum atomic E-state index is 12.7. The van der Waals surface area contributed by atoms with Gasteiger partial charge in [-0.15, -0.1) is 0 Å². The minimum absolute atomic E-state index is 0.0802. The van der Waals surface area contributed by atoms with Crippen LogP contribution in [0.4, 0.5) is 0 Å². The highest BCUT2D eigenvalue weighted by atomic mass is 16.5. The van der Waals surface area contributed by atoms with Gasteiger partial charge in [0.05, 0.1) is 17.8 Å². The summed E-state index contributed by atoms with van der Waals surface area (Å²) in [6.07, 6.45) is 1.20. The maximum absolute atomic E-state index is 12.7. The predicted octanol–water partition coefficient (Wildman–Crippen LogP) is 5.53. The van der Waals surface area contributed by atoms with Gasteiger partial charge in [-0.3, -0.25) is 4.79 Å². The number of fused-ring (bicyclic) bond motifs is 2. The predicted molar refractivity (Wildman–Crippen MR) is 120 cm³/mol. The summed E-state index contributed by atoms with van der Waals surface area (Å²) in [7, 11) is 0. The molecule has 1 aliphatic carbocycles. The molecule has 1 atom stereocenters. The molecule has 0 radical (unpaired) electrons. The third-order valence-electron chi connectivity index (χ3n) is 5.64. The van der Waals surface area contributed by atoms with Gasteiger partial charge in [0.25, 0.3) is 0 Å². The maximum Gasteiger partial charge on any atom is 0.191 e. The summed E-state index contributed by atoms with van der Waals surface area (Å²) >= 11 is 0. The normalized spacial score (nSPS) is 15.6. The van der Waals surface area contributed by atoms with E-state index in [9.17, 15) is 4.79 Å². The molecular formula is C27H23NO3. The number of benzene rings is 3. The van der Waals surface area contributed by atoms with E-state index in [1.165, 1.54) is 0 Å². The Morgan fingerprint density at radius 3 is 2.71 bits per heavy atom. The van der Waals surface area contributed by atoms with Crippen LogP contribution < -0.4 is 4.74 Å². The Bertz CT molecular complexity index is 1230. The lowest BCUT2D eigenvalue weighted by Gasteiger charge is -2.23. The van der Waals surface area contributed by atoms with E-state index in [2.05, 4.69) is 11.1 Å². The molecule has 0 spiro atoms. The highest BCUT2D eigenvalue weighted by Crippen LogP contribution is 2.24. The van der Waals surface area contributed by atoms with Crippen LogP contribution in [-0.4, -0.2) is 16.9 Å². The lowest BCUT2D eigenvalue weighted by Crippen LogP contribution is -2.30. The molecule has 0 fully saturated rings. The summed E-state index contributed by atoms with van der Waals surface area (Å²) in [6.45, 7) is 0.775. The highest BCUT2D eigenvalue weighted by Gasteiger charge is 2.27. The number of Topliss-reactive ketones (excluding diaryl/α,β-unsaturated/α-hetero) is 1.